The molecule has 1 fully saturated rings. The van der Waals surface area contributed by atoms with Gasteiger partial charge in [0.1, 0.15) is 0 Å². The summed E-state index contributed by atoms with van der Waals surface area (Å²) in [5, 5.41) is 8.16. The van der Waals surface area contributed by atoms with E-state index >= 15 is 0 Å². The van der Waals surface area contributed by atoms with Crippen LogP contribution in [0.4, 0.5) is 0 Å². The molecule has 0 spiro atoms. The molecule has 1 amide bonds. The van der Waals surface area contributed by atoms with Gasteiger partial charge in [0.25, 0.3) is 0 Å². The van der Waals surface area contributed by atoms with Crippen LogP contribution in [0.5, 0.6) is 0 Å². The molecule has 0 saturated carbocycles. The molecular weight excluding hydrogens is 338 g/mol. The molecule has 1 aromatic heterocycles. The number of H-pyrrole nitrogens is 1. The number of rotatable bonds is 6. The van der Waals surface area contributed by atoms with Gasteiger partial charge in [0, 0.05) is 56.2 Å². The number of guanidine groups is 1. The van der Waals surface area contributed by atoms with Crippen molar-refractivity contribution in [3.05, 3.63) is 35.5 Å². The third-order valence-electron chi connectivity index (χ3n) is 5.36. The highest BCUT2D eigenvalue weighted by molar-refractivity contribution is 5.86. The van der Waals surface area contributed by atoms with Crippen LogP contribution in [0.3, 0.4) is 0 Å². The lowest BCUT2D eigenvalue weighted by atomic mass is 10.1. The Bertz CT molecular complexity index is 810. The van der Waals surface area contributed by atoms with Gasteiger partial charge in [0.05, 0.1) is 0 Å². The molecule has 1 aliphatic heterocycles. The van der Waals surface area contributed by atoms with Gasteiger partial charge in [-0.3, -0.25) is 9.79 Å². The number of nitrogens with one attached hydrogen (secondary N) is 3. The maximum atomic E-state index is 11.8. The van der Waals surface area contributed by atoms with Gasteiger partial charge >= 0.3 is 0 Å². The zero-order valence-corrected chi connectivity index (χ0v) is 16.6. The minimum absolute atomic E-state index is 0.230. The Kier molecular flexibility index (Phi) is 6.37. The van der Waals surface area contributed by atoms with Crippen LogP contribution in [0.25, 0.3) is 10.9 Å². The Balaban J connectivity index is 1.52. The summed E-state index contributed by atoms with van der Waals surface area (Å²) in [6.07, 6.45) is 5.62. The molecule has 146 valence electrons. The second-order valence-electron chi connectivity index (χ2n) is 7.08. The average molecular weight is 370 g/mol. The van der Waals surface area contributed by atoms with Crippen molar-refractivity contribution >= 4 is 22.8 Å². The van der Waals surface area contributed by atoms with Crippen molar-refractivity contribution in [3.8, 4) is 0 Å². The van der Waals surface area contributed by atoms with Crippen molar-refractivity contribution < 1.29 is 4.79 Å². The molecule has 0 radical (unpaired) electrons. The van der Waals surface area contributed by atoms with E-state index < -0.39 is 0 Å². The SMILES string of the molecule is CCC(=O)N1CCC(NC(=NC)NCCc2c[nH]c3c(CC)cccc23)C1. The largest absolute Gasteiger partial charge is 0.361 e. The zero-order valence-electron chi connectivity index (χ0n) is 16.6. The monoisotopic (exact) mass is 369 g/mol. The second-order valence-corrected chi connectivity index (χ2v) is 7.08. The van der Waals surface area contributed by atoms with Crippen molar-refractivity contribution in [3.63, 3.8) is 0 Å². The quantitative estimate of drug-likeness (QED) is 0.541. The van der Waals surface area contributed by atoms with Crippen LogP contribution < -0.4 is 10.6 Å². The van der Waals surface area contributed by atoms with E-state index in [-0.39, 0.29) is 11.9 Å². The van der Waals surface area contributed by atoms with Crippen molar-refractivity contribution in [1.82, 2.24) is 20.5 Å². The number of nitrogens with zero attached hydrogens (tertiary/aromatic N) is 2. The van der Waals surface area contributed by atoms with E-state index in [0.717, 1.165) is 44.9 Å². The van der Waals surface area contributed by atoms with Gasteiger partial charge in [-0.1, -0.05) is 32.0 Å². The number of aliphatic imine (C=N–C) groups is 1. The van der Waals surface area contributed by atoms with Crippen LogP contribution in [-0.4, -0.2) is 54.5 Å². The van der Waals surface area contributed by atoms with Crippen molar-refractivity contribution in [2.75, 3.05) is 26.7 Å². The number of benzene rings is 1. The van der Waals surface area contributed by atoms with Crippen LogP contribution in [0.15, 0.2) is 29.4 Å². The molecule has 2 heterocycles. The molecule has 0 bridgehead atoms. The lowest BCUT2D eigenvalue weighted by Gasteiger charge is -2.18. The lowest BCUT2D eigenvalue weighted by Crippen LogP contribution is -2.45. The summed E-state index contributed by atoms with van der Waals surface area (Å²) in [4.78, 5) is 21.5. The zero-order chi connectivity index (χ0) is 19.2. The number of hydrogen-bond donors (Lipinski definition) is 3. The van der Waals surface area contributed by atoms with E-state index in [1.165, 1.54) is 22.0 Å². The van der Waals surface area contributed by atoms with Crippen molar-refractivity contribution in [1.29, 1.82) is 0 Å². The molecule has 3 rings (SSSR count). The normalized spacial score (nSPS) is 17.5. The van der Waals surface area contributed by atoms with Gasteiger partial charge in [-0.15, -0.1) is 0 Å². The summed E-state index contributed by atoms with van der Waals surface area (Å²) in [6.45, 7) is 6.50. The van der Waals surface area contributed by atoms with Crippen molar-refractivity contribution in [2.45, 2.75) is 45.6 Å². The molecule has 1 atom stereocenters. The van der Waals surface area contributed by atoms with Gasteiger partial charge < -0.3 is 20.5 Å². The number of aromatic amines is 1. The Labute approximate surface area is 161 Å². The van der Waals surface area contributed by atoms with E-state index in [1.54, 1.807) is 7.05 Å². The van der Waals surface area contributed by atoms with Gasteiger partial charge in [0.15, 0.2) is 5.96 Å². The summed E-state index contributed by atoms with van der Waals surface area (Å²) >= 11 is 0. The predicted molar refractivity (Wildman–Crippen MR) is 111 cm³/mol. The Morgan fingerprint density at radius 2 is 2.19 bits per heavy atom. The fourth-order valence-corrected chi connectivity index (χ4v) is 3.81. The molecule has 1 unspecified atom stereocenters. The molecule has 1 aromatic carbocycles. The molecule has 1 aliphatic rings. The van der Waals surface area contributed by atoms with E-state index in [4.69, 9.17) is 0 Å². The first-order chi connectivity index (χ1) is 13.2. The number of aromatic nitrogens is 1. The lowest BCUT2D eigenvalue weighted by molar-refractivity contribution is -0.129. The van der Waals surface area contributed by atoms with Crippen LogP contribution in [0.2, 0.25) is 0 Å². The highest BCUT2D eigenvalue weighted by Crippen LogP contribution is 2.22. The van der Waals surface area contributed by atoms with Crippen LogP contribution in [-0.2, 0) is 17.6 Å². The number of carbonyl (C=O) groups excluding carboxylic acids is 1. The number of likely N-dealkylation sites (tertiary alicyclic amines) is 1. The molecule has 27 heavy (non-hydrogen) atoms. The fraction of sp³-hybridized carbons (Fsp3) is 0.524. The van der Waals surface area contributed by atoms with Gasteiger partial charge in [-0.2, -0.15) is 0 Å². The van der Waals surface area contributed by atoms with Crippen LogP contribution in [0.1, 0.15) is 37.8 Å². The standard InChI is InChI=1S/C21H31N5O/c1-4-15-7-6-8-18-16(13-24-20(15)18)9-11-23-21(22-3)25-17-10-12-26(14-17)19(27)5-2/h6-8,13,17,24H,4-5,9-12,14H2,1-3H3,(H2,22,23,25). The van der Waals surface area contributed by atoms with E-state index in [2.05, 4.69) is 51.9 Å². The fourth-order valence-electron chi connectivity index (χ4n) is 3.81. The molecule has 3 N–H and O–H groups in total. The highest BCUT2D eigenvalue weighted by atomic mass is 16.2. The summed E-state index contributed by atoms with van der Waals surface area (Å²) in [5.41, 5.74) is 3.93. The Hall–Kier alpha value is -2.50. The predicted octanol–water partition coefficient (Wildman–Crippen LogP) is 2.45. The Morgan fingerprint density at radius 3 is 2.93 bits per heavy atom. The first-order valence-corrected chi connectivity index (χ1v) is 9.99. The number of fused-ring (bicyclic) bond motifs is 1. The maximum Gasteiger partial charge on any atom is 0.222 e. The van der Waals surface area contributed by atoms with Crippen molar-refractivity contribution in [2.24, 2.45) is 4.99 Å². The Morgan fingerprint density at radius 1 is 1.33 bits per heavy atom. The second kappa shape index (κ2) is 8.93. The number of para-hydroxylation sites is 1. The van der Waals surface area contributed by atoms with Gasteiger partial charge in [-0.25, -0.2) is 0 Å². The van der Waals surface area contributed by atoms with E-state index in [0.29, 0.717) is 6.42 Å². The third-order valence-corrected chi connectivity index (χ3v) is 5.36. The minimum atomic E-state index is 0.230. The number of aryl methyl sites for hydroxylation is 1. The first-order valence-electron chi connectivity index (χ1n) is 9.99. The van der Waals surface area contributed by atoms with Crippen LogP contribution in [0, 0.1) is 0 Å². The summed E-state index contributed by atoms with van der Waals surface area (Å²) < 4.78 is 0. The molecule has 6 nitrogen and oxygen atoms in total. The number of carbonyl (C=O) groups is 1. The van der Waals surface area contributed by atoms with Gasteiger partial charge in [-0.05, 0) is 30.4 Å². The summed E-state index contributed by atoms with van der Waals surface area (Å²) in [7, 11) is 1.79. The van der Waals surface area contributed by atoms with E-state index in [9.17, 15) is 4.79 Å². The smallest absolute Gasteiger partial charge is 0.222 e. The minimum Gasteiger partial charge on any atom is -0.361 e. The molecule has 0 aliphatic carbocycles. The van der Waals surface area contributed by atoms with E-state index in [1.807, 2.05) is 11.8 Å². The average Bonchev–Trinajstić information content (AvgIpc) is 3.33. The molecule has 1 saturated heterocycles. The van der Waals surface area contributed by atoms with Gasteiger partial charge in [0.2, 0.25) is 5.91 Å². The highest BCUT2D eigenvalue weighted by Gasteiger charge is 2.25. The molecular formula is C21H31N5O. The first kappa shape index (κ1) is 19.3. The summed E-state index contributed by atoms with van der Waals surface area (Å²) in [6, 6.07) is 6.77. The molecule has 6 heteroatoms. The topological polar surface area (TPSA) is 72.5 Å². The number of amides is 1. The number of hydrogen-bond acceptors (Lipinski definition) is 2. The summed E-state index contributed by atoms with van der Waals surface area (Å²) in [5.74, 6) is 1.04. The maximum absolute atomic E-state index is 11.8. The molecule has 2 aromatic rings. The third kappa shape index (κ3) is 4.43. The van der Waals surface area contributed by atoms with Crippen LogP contribution >= 0.6 is 0 Å².